The van der Waals surface area contributed by atoms with Gasteiger partial charge in [0.25, 0.3) is 0 Å². The predicted molar refractivity (Wildman–Crippen MR) is 109 cm³/mol. The Morgan fingerprint density at radius 1 is 1.04 bits per heavy atom. The minimum absolute atomic E-state index is 0.442. The largest absolute Gasteiger partial charge is 0.416 e. The van der Waals surface area contributed by atoms with E-state index in [1.807, 2.05) is 24.3 Å². The van der Waals surface area contributed by atoms with Crippen LogP contribution in [-0.4, -0.2) is 24.7 Å². The summed E-state index contributed by atoms with van der Waals surface area (Å²) in [4.78, 5) is 2.25. The van der Waals surface area contributed by atoms with Gasteiger partial charge in [-0.05, 0) is 68.4 Å². The van der Waals surface area contributed by atoms with Gasteiger partial charge in [0.1, 0.15) is 0 Å². The number of rotatable bonds is 7. The van der Waals surface area contributed by atoms with Gasteiger partial charge in [-0.15, -0.1) is 0 Å². The van der Waals surface area contributed by atoms with Crippen LogP contribution in [0.3, 0.4) is 0 Å². The second-order valence-electron chi connectivity index (χ2n) is 6.05. The van der Waals surface area contributed by atoms with Crippen LogP contribution in [0.1, 0.15) is 25.0 Å². The molecule has 0 radical (unpaired) electrons. The van der Waals surface area contributed by atoms with Crippen molar-refractivity contribution in [1.29, 1.82) is 0 Å². The van der Waals surface area contributed by atoms with E-state index in [9.17, 15) is 13.2 Å². The Labute approximate surface area is 163 Å². The molecular formula is C20H24F3N3S. The molecule has 3 nitrogen and oxygen atoms in total. The second kappa shape index (κ2) is 9.60. The van der Waals surface area contributed by atoms with Crippen LogP contribution in [0.5, 0.6) is 0 Å². The molecule has 0 saturated heterocycles. The van der Waals surface area contributed by atoms with Crippen molar-refractivity contribution >= 4 is 28.7 Å². The van der Waals surface area contributed by atoms with Gasteiger partial charge in [0.15, 0.2) is 5.11 Å². The van der Waals surface area contributed by atoms with Crippen molar-refractivity contribution in [1.82, 2.24) is 5.32 Å². The molecule has 27 heavy (non-hydrogen) atoms. The number of anilines is 2. The molecular weight excluding hydrogens is 371 g/mol. The molecule has 0 aliphatic carbocycles. The summed E-state index contributed by atoms with van der Waals surface area (Å²) in [6, 6.07) is 13.3. The fraction of sp³-hybridized carbons (Fsp3) is 0.350. The van der Waals surface area contributed by atoms with E-state index in [0.29, 0.717) is 23.6 Å². The van der Waals surface area contributed by atoms with Crippen molar-refractivity contribution in [2.24, 2.45) is 0 Å². The number of nitrogens with one attached hydrogen (secondary N) is 2. The number of hydrogen-bond acceptors (Lipinski definition) is 2. The molecule has 7 heteroatoms. The van der Waals surface area contributed by atoms with Gasteiger partial charge in [0.05, 0.1) is 5.56 Å². The average Bonchev–Trinajstić information content (AvgIpc) is 2.64. The fourth-order valence-corrected chi connectivity index (χ4v) is 2.96. The van der Waals surface area contributed by atoms with Crippen molar-refractivity contribution < 1.29 is 13.2 Å². The number of alkyl halides is 3. The Balaban J connectivity index is 1.83. The maximum Gasteiger partial charge on any atom is 0.416 e. The van der Waals surface area contributed by atoms with Gasteiger partial charge in [-0.1, -0.05) is 18.2 Å². The summed E-state index contributed by atoms with van der Waals surface area (Å²) in [5, 5.41) is 6.56. The van der Waals surface area contributed by atoms with E-state index in [0.717, 1.165) is 30.5 Å². The average molecular weight is 395 g/mol. The van der Waals surface area contributed by atoms with Crippen LogP contribution in [0.25, 0.3) is 0 Å². The highest BCUT2D eigenvalue weighted by Crippen LogP contribution is 2.29. The molecule has 0 aromatic heterocycles. The Kier molecular flexibility index (Phi) is 7.47. The number of halogens is 3. The lowest BCUT2D eigenvalue weighted by atomic mass is 10.1. The standard InChI is InChI=1S/C20H24F3N3S/c1-3-26(4-2)18-10-8-17(9-11-18)25-19(27)24-13-12-15-6-5-7-16(14-15)20(21,22)23/h5-11,14H,3-4,12-13H2,1-2H3,(H2,24,25,27). The lowest BCUT2D eigenvalue weighted by Crippen LogP contribution is -2.30. The highest BCUT2D eigenvalue weighted by atomic mass is 32.1. The molecule has 146 valence electrons. The van der Waals surface area contributed by atoms with Gasteiger partial charge in [-0.3, -0.25) is 0 Å². The van der Waals surface area contributed by atoms with E-state index < -0.39 is 11.7 Å². The lowest BCUT2D eigenvalue weighted by Gasteiger charge is -2.21. The molecule has 0 spiro atoms. The predicted octanol–water partition coefficient (Wildman–Crippen LogP) is 5.08. The normalized spacial score (nSPS) is 11.1. The first kappa shape index (κ1) is 21.0. The number of thiocarbonyl (C=S) groups is 1. The van der Waals surface area contributed by atoms with E-state index in [4.69, 9.17) is 12.2 Å². The molecule has 0 amide bonds. The van der Waals surface area contributed by atoms with E-state index in [-0.39, 0.29) is 0 Å². The molecule has 0 fully saturated rings. The van der Waals surface area contributed by atoms with Crippen LogP contribution in [0.2, 0.25) is 0 Å². The highest BCUT2D eigenvalue weighted by molar-refractivity contribution is 7.80. The van der Waals surface area contributed by atoms with Gasteiger partial charge >= 0.3 is 6.18 Å². The molecule has 2 N–H and O–H groups in total. The summed E-state index contributed by atoms with van der Waals surface area (Å²) in [5.74, 6) is 0. The zero-order chi connectivity index (χ0) is 19.9. The van der Waals surface area contributed by atoms with Crippen LogP contribution in [0.4, 0.5) is 24.5 Å². The second-order valence-corrected chi connectivity index (χ2v) is 6.46. The van der Waals surface area contributed by atoms with Crippen molar-refractivity contribution in [3.63, 3.8) is 0 Å². The fourth-order valence-electron chi connectivity index (χ4n) is 2.74. The summed E-state index contributed by atoms with van der Waals surface area (Å²) >= 11 is 5.25. The molecule has 0 aliphatic rings. The van der Waals surface area contributed by atoms with E-state index >= 15 is 0 Å². The van der Waals surface area contributed by atoms with E-state index in [2.05, 4.69) is 29.4 Å². The molecule has 0 heterocycles. The maximum atomic E-state index is 12.7. The summed E-state index contributed by atoms with van der Waals surface area (Å²) in [7, 11) is 0. The third kappa shape index (κ3) is 6.43. The quantitative estimate of drug-likeness (QED) is 0.640. The number of hydrogen-bond donors (Lipinski definition) is 2. The molecule has 2 aromatic carbocycles. The Hall–Kier alpha value is -2.28. The smallest absolute Gasteiger partial charge is 0.372 e. The van der Waals surface area contributed by atoms with E-state index in [1.165, 1.54) is 12.1 Å². The number of nitrogens with zero attached hydrogens (tertiary/aromatic N) is 1. The van der Waals surface area contributed by atoms with Gasteiger partial charge in [0.2, 0.25) is 0 Å². The number of benzene rings is 2. The van der Waals surface area contributed by atoms with Crippen LogP contribution in [0, 0.1) is 0 Å². The molecule has 0 saturated carbocycles. The van der Waals surface area contributed by atoms with Crippen molar-refractivity contribution in [2.75, 3.05) is 29.9 Å². The third-order valence-corrected chi connectivity index (χ3v) is 4.45. The summed E-state index contributed by atoms with van der Waals surface area (Å²) in [6.45, 7) is 6.56. The van der Waals surface area contributed by atoms with E-state index in [1.54, 1.807) is 6.07 Å². The minimum atomic E-state index is -4.32. The Bertz CT molecular complexity index is 741. The van der Waals surface area contributed by atoms with Crippen LogP contribution in [0.15, 0.2) is 48.5 Å². The monoisotopic (exact) mass is 395 g/mol. The Morgan fingerprint density at radius 2 is 1.70 bits per heavy atom. The first-order valence-corrected chi connectivity index (χ1v) is 9.30. The van der Waals surface area contributed by atoms with Crippen molar-refractivity contribution in [3.8, 4) is 0 Å². The molecule has 0 atom stereocenters. The van der Waals surface area contributed by atoms with Crippen LogP contribution < -0.4 is 15.5 Å². The third-order valence-electron chi connectivity index (χ3n) is 4.21. The summed E-state index contributed by atoms with van der Waals surface area (Å²) in [6.07, 6.45) is -3.87. The van der Waals surface area contributed by atoms with Crippen LogP contribution in [-0.2, 0) is 12.6 Å². The van der Waals surface area contributed by atoms with Gasteiger partial charge < -0.3 is 15.5 Å². The topological polar surface area (TPSA) is 27.3 Å². The zero-order valence-electron chi connectivity index (χ0n) is 15.4. The maximum absolute atomic E-state index is 12.7. The van der Waals surface area contributed by atoms with Gasteiger partial charge in [-0.25, -0.2) is 0 Å². The van der Waals surface area contributed by atoms with Gasteiger partial charge in [0, 0.05) is 31.0 Å². The molecule has 2 rings (SSSR count). The summed E-state index contributed by atoms with van der Waals surface area (Å²) < 4.78 is 38.2. The SMILES string of the molecule is CCN(CC)c1ccc(NC(=S)NCCc2cccc(C(F)(F)F)c2)cc1. The minimum Gasteiger partial charge on any atom is -0.372 e. The Morgan fingerprint density at radius 3 is 2.30 bits per heavy atom. The summed E-state index contributed by atoms with van der Waals surface area (Å²) in [5.41, 5.74) is 1.99. The lowest BCUT2D eigenvalue weighted by molar-refractivity contribution is -0.137. The molecule has 0 aliphatic heterocycles. The van der Waals surface area contributed by atoms with Crippen molar-refractivity contribution in [2.45, 2.75) is 26.4 Å². The van der Waals surface area contributed by atoms with Crippen LogP contribution >= 0.6 is 12.2 Å². The highest BCUT2D eigenvalue weighted by Gasteiger charge is 2.30. The zero-order valence-corrected chi connectivity index (χ0v) is 16.3. The first-order chi connectivity index (χ1) is 12.8. The molecule has 0 unspecified atom stereocenters. The molecule has 0 bridgehead atoms. The van der Waals surface area contributed by atoms with Crippen molar-refractivity contribution in [3.05, 3.63) is 59.7 Å². The van der Waals surface area contributed by atoms with Gasteiger partial charge in [-0.2, -0.15) is 13.2 Å². The molecule has 2 aromatic rings. The first-order valence-electron chi connectivity index (χ1n) is 8.89.